The Morgan fingerprint density at radius 2 is 1.89 bits per heavy atom. The molecule has 2 amide bonds. The molecule has 3 heterocycles. The van der Waals surface area contributed by atoms with Gasteiger partial charge in [0.1, 0.15) is 5.82 Å². The summed E-state index contributed by atoms with van der Waals surface area (Å²) >= 11 is 9.17. The second-order valence-corrected chi connectivity index (χ2v) is 9.30. The van der Waals surface area contributed by atoms with Crippen molar-refractivity contribution in [3.05, 3.63) is 84.6 Å². The molecular formula is C23H18BrClF3N5O3. The number of carbonyl (C=O) groups excluding carboxylic acids is 2. The van der Waals surface area contributed by atoms with Gasteiger partial charge in [0, 0.05) is 34.9 Å². The number of benzene rings is 1. The summed E-state index contributed by atoms with van der Waals surface area (Å²) in [7, 11) is 1.48. The van der Waals surface area contributed by atoms with Crippen molar-refractivity contribution in [2.24, 2.45) is 0 Å². The van der Waals surface area contributed by atoms with Gasteiger partial charge in [-0.05, 0) is 55.3 Å². The van der Waals surface area contributed by atoms with E-state index < -0.39 is 29.2 Å². The van der Waals surface area contributed by atoms with Gasteiger partial charge in [-0.2, -0.15) is 13.2 Å². The molecule has 0 unspecified atom stereocenters. The molecule has 36 heavy (non-hydrogen) atoms. The Morgan fingerprint density at radius 3 is 2.50 bits per heavy atom. The second kappa shape index (κ2) is 9.66. The Hall–Kier alpha value is -3.25. The summed E-state index contributed by atoms with van der Waals surface area (Å²) < 4.78 is 40.9. The predicted molar refractivity (Wildman–Crippen MR) is 128 cm³/mol. The first kappa shape index (κ1) is 25.8. The zero-order valence-electron chi connectivity index (χ0n) is 18.9. The molecule has 0 radical (unpaired) electrons. The monoisotopic (exact) mass is 583 g/mol. The van der Waals surface area contributed by atoms with Crippen LogP contribution in [0.3, 0.4) is 0 Å². The third-order valence-corrected chi connectivity index (χ3v) is 6.76. The Morgan fingerprint density at radius 1 is 1.19 bits per heavy atom. The topological polar surface area (TPSA) is 97.2 Å². The average Bonchev–Trinajstić information content (AvgIpc) is 2.83. The summed E-state index contributed by atoms with van der Waals surface area (Å²) in [5.41, 5.74) is -0.714. The molecule has 1 atom stereocenters. The Balaban J connectivity index is 1.68. The van der Waals surface area contributed by atoms with E-state index in [1.165, 1.54) is 42.4 Å². The van der Waals surface area contributed by atoms with E-state index >= 15 is 0 Å². The van der Waals surface area contributed by atoms with E-state index in [-0.39, 0.29) is 45.7 Å². The molecule has 0 saturated heterocycles. The molecule has 8 nitrogen and oxygen atoms in total. The van der Waals surface area contributed by atoms with Crippen LogP contribution in [-0.4, -0.2) is 44.3 Å². The smallest absolute Gasteiger partial charge is 0.355 e. The van der Waals surface area contributed by atoms with Gasteiger partial charge in [-0.1, -0.05) is 15.9 Å². The number of fused-ring (bicyclic) bond motifs is 1. The van der Waals surface area contributed by atoms with Gasteiger partial charge in [0.05, 0.1) is 23.4 Å². The lowest BCUT2D eigenvalue weighted by atomic mass is 9.98. The molecule has 0 aliphatic carbocycles. The van der Waals surface area contributed by atoms with Crippen molar-refractivity contribution < 1.29 is 22.8 Å². The number of alkyl halides is 3. The van der Waals surface area contributed by atoms with E-state index in [9.17, 15) is 27.6 Å². The number of hydrogen-bond donors (Lipinski definition) is 1. The van der Waals surface area contributed by atoms with Gasteiger partial charge in [0.25, 0.3) is 17.4 Å². The Bertz CT molecular complexity index is 1430. The number of hydrogen-bond acceptors (Lipinski definition) is 5. The zero-order valence-corrected chi connectivity index (χ0v) is 21.2. The van der Waals surface area contributed by atoms with Crippen molar-refractivity contribution in [1.82, 2.24) is 24.8 Å². The van der Waals surface area contributed by atoms with E-state index in [1.807, 2.05) is 0 Å². The largest absolute Gasteiger partial charge is 0.417 e. The average molecular weight is 585 g/mol. The molecule has 0 bridgehead atoms. The lowest BCUT2D eigenvalue weighted by Crippen LogP contribution is -2.46. The number of amides is 2. The summed E-state index contributed by atoms with van der Waals surface area (Å²) in [4.78, 5) is 47.9. The molecule has 0 fully saturated rings. The molecule has 3 aromatic rings. The fourth-order valence-corrected chi connectivity index (χ4v) is 4.68. The highest BCUT2D eigenvalue weighted by atomic mass is 79.9. The molecule has 2 aromatic heterocycles. The lowest BCUT2D eigenvalue weighted by molar-refractivity contribution is -0.138. The van der Waals surface area contributed by atoms with Gasteiger partial charge in [0.2, 0.25) is 5.28 Å². The zero-order chi connectivity index (χ0) is 26.4. The summed E-state index contributed by atoms with van der Waals surface area (Å²) in [6, 6.07) is 5.71. The van der Waals surface area contributed by atoms with Gasteiger partial charge < -0.3 is 10.2 Å². The maximum atomic E-state index is 13.3. The van der Waals surface area contributed by atoms with Crippen molar-refractivity contribution in [1.29, 1.82) is 0 Å². The SMILES string of the molecule is CNC(=O)c1ccc(-n2c(Cl)nc3c(c2=O)C[C@@H](C)N(C(=O)c2ccc(Br)c(C(F)(F)F)c2)C3)nc1. The minimum Gasteiger partial charge on any atom is -0.355 e. The minimum absolute atomic E-state index is 0.106. The van der Waals surface area contributed by atoms with Crippen molar-refractivity contribution in [3.8, 4) is 5.82 Å². The third kappa shape index (κ3) is 4.74. The number of rotatable bonds is 3. The van der Waals surface area contributed by atoms with Crippen LogP contribution < -0.4 is 10.9 Å². The van der Waals surface area contributed by atoms with Crippen LogP contribution in [0.4, 0.5) is 13.2 Å². The third-order valence-electron chi connectivity index (χ3n) is 5.82. The van der Waals surface area contributed by atoms with E-state index in [2.05, 4.69) is 31.2 Å². The molecule has 1 aromatic carbocycles. The van der Waals surface area contributed by atoms with Crippen LogP contribution in [0.15, 0.2) is 45.8 Å². The molecular weight excluding hydrogens is 567 g/mol. The van der Waals surface area contributed by atoms with Crippen molar-refractivity contribution in [2.75, 3.05) is 7.05 Å². The molecule has 188 valence electrons. The van der Waals surface area contributed by atoms with Crippen LogP contribution in [0.25, 0.3) is 5.82 Å². The quantitative estimate of drug-likeness (QED) is 0.470. The van der Waals surface area contributed by atoms with Crippen molar-refractivity contribution in [2.45, 2.75) is 32.1 Å². The highest BCUT2D eigenvalue weighted by Crippen LogP contribution is 2.36. The highest BCUT2D eigenvalue weighted by Gasteiger charge is 2.36. The molecule has 4 rings (SSSR count). The number of halogens is 5. The Labute approximate surface area is 216 Å². The summed E-state index contributed by atoms with van der Waals surface area (Å²) in [5.74, 6) is -0.809. The summed E-state index contributed by atoms with van der Waals surface area (Å²) in [5, 5.41) is 2.27. The van der Waals surface area contributed by atoms with Gasteiger partial charge >= 0.3 is 6.18 Å². The molecule has 1 N–H and O–H groups in total. The fourth-order valence-electron chi connectivity index (χ4n) is 3.94. The maximum Gasteiger partial charge on any atom is 0.417 e. The molecule has 0 saturated carbocycles. The normalized spacial score (nSPS) is 15.4. The van der Waals surface area contributed by atoms with Crippen LogP contribution >= 0.6 is 27.5 Å². The highest BCUT2D eigenvalue weighted by molar-refractivity contribution is 9.10. The minimum atomic E-state index is -4.64. The first-order chi connectivity index (χ1) is 16.9. The van der Waals surface area contributed by atoms with Gasteiger partial charge in [-0.15, -0.1) is 0 Å². The van der Waals surface area contributed by atoms with E-state index in [1.54, 1.807) is 6.92 Å². The standard InChI is InChI=1S/C23H18BrClF3N5O3/c1-11-7-14-17(10-32(11)20(35)12-3-5-16(24)15(8-12)23(26,27)28)31-22(25)33(21(14)36)18-6-4-13(9-30-18)19(34)29-2/h3-6,8-9,11H,7,10H2,1-2H3,(H,29,34)/t11-/m1/s1. The predicted octanol–water partition coefficient (Wildman–Crippen LogP) is 4.01. The van der Waals surface area contributed by atoms with Gasteiger partial charge in [-0.25, -0.2) is 14.5 Å². The second-order valence-electron chi connectivity index (χ2n) is 8.11. The van der Waals surface area contributed by atoms with Crippen molar-refractivity contribution >= 4 is 39.3 Å². The van der Waals surface area contributed by atoms with Gasteiger partial charge in [0.15, 0.2) is 0 Å². The molecule has 1 aliphatic rings. The molecule has 1 aliphatic heterocycles. The van der Waals surface area contributed by atoms with Crippen molar-refractivity contribution in [3.63, 3.8) is 0 Å². The number of aromatic nitrogens is 3. The van der Waals surface area contributed by atoms with Crippen LogP contribution in [0.5, 0.6) is 0 Å². The molecule has 0 spiro atoms. The maximum absolute atomic E-state index is 13.3. The van der Waals surface area contributed by atoms with E-state index in [0.29, 0.717) is 11.1 Å². The summed E-state index contributed by atoms with van der Waals surface area (Å²) in [6.45, 7) is 1.59. The molecule has 13 heteroatoms. The van der Waals surface area contributed by atoms with E-state index in [0.717, 1.165) is 10.6 Å². The number of nitrogens with zero attached hydrogens (tertiary/aromatic N) is 4. The van der Waals surface area contributed by atoms with Crippen LogP contribution in [0.1, 0.15) is 44.5 Å². The van der Waals surface area contributed by atoms with Gasteiger partial charge in [-0.3, -0.25) is 14.4 Å². The van der Waals surface area contributed by atoms with Crippen LogP contribution in [0, 0.1) is 0 Å². The number of nitrogens with one attached hydrogen (secondary N) is 1. The first-order valence-corrected chi connectivity index (χ1v) is 11.8. The van der Waals surface area contributed by atoms with E-state index in [4.69, 9.17) is 11.6 Å². The van der Waals surface area contributed by atoms with Crippen LogP contribution in [0.2, 0.25) is 5.28 Å². The fraction of sp³-hybridized carbons (Fsp3) is 0.261. The summed E-state index contributed by atoms with van der Waals surface area (Å²) in [6.07, 6.45) is -3.22. The number of carbonyl (C=O) groups is 2. The first-order valence-electron chi connectivity index (χ1n) is 10.6. The van der Waals surface area contributed by atoms with Crippen LogP contribution in [-0.2, 0) is 19.1 Å². The number of pyridine rings is 1. The Kier molecular flexibility index (Phi) is 6.93. The lowest BCUT2D eigenvalue weighted by Gasteiger charge is -2.34.